The molecule has 18 heavy (non-hydrogen) atoms. The molecule has 0 aromatic heterocycles. The van der Waals surface area contributed by atoms with Crippen LogP contribution in [0.4, 0.5) is 13.2 Å². The molecule has 1 aromatic rings. The molecule has 0 atom stereocenters. The molecule has 1 aromatic carbocycles. The monoisotopic (exact) mass is 258 g/mol. The lowest BCUT2D eigenvalue weighted by atomic mass is 9.77. The van der Waals surface area contributed by atoms with Gasteiger partial charge in [0, 0.05) is 0 Å². The van der Waals surface area contributed by atoms with Crippen molar-refractivity contribution in [2.45, 2.75) is 24.4 Å². The average molecular weight is 258 g/mol. The van der Waals surface area contributed by atoms with Crippen molar-refractivity contribution in [3.63, 3.8) is 0 Å². The molecule has 1 fully saturated rings. The number of hydrogen-bond acceptors (Lipinski definition) is 2. The van der Waals surface area contributed by atoms with E-state index in [2.05, 4.69) is 0 Å². The Morgan fingerprint density at radius 2 is 1.94 bits per heavy atom. The highest BCUT2D eigenvalue weighted by molar-refractivity contribution is 5.43. The zero-order valence-corrected chi connectivity index (χ0v) is 9.72. The van der Waals surface area contributed by atoms with Crippen molar-refractivity contribution in [1.29, 1.82) is 0 Å². The Labute approximate surface area is 103 Å². The van der Waals surface area contributed by atoms with E-state index < -0.39 is 11.6 Å². The predicted octanol–water partition coefficient (Wildman–Crippen LogP) is 2.84. The number of benzene rings is 1. The lowest BCUT2D eigenvalue weighted by molar-refractivity contribution is -0.262. The molecule has 2 aliphatic heterocycles. The molecule has 0 amide bonds. The van der Waals surface area contributed by atoms with Crippen LogP contribution < -0.4 is 4.74 Å². The molecule has 0 bridgehead atoms. The first kappa shape index (κ1) is 11.8. The van der Waals surface area contributed by atoms with Gasteiger partial charge in [-0.05, 0) is 30.0 Å². The molecule has 0 radical (unpaired) electrons. The van der Waals surface area contributed by atoms with Crippen molar-refractivity contribution < 1.29 is 22.6 Å². The Morgan fingerprint density at radius 1 is 1.17 bits per heavy atom. The van der Waals surface area contributed by atoms with Crippen molar-refractivity contribution in [2.75, 3.05) is 19.8 Å². The summed E-state index contributed by atoms with van der Waals surface area (Å²) < 4.78 is 49.7. The summed E-state index contributed by atoms with van der Waals surface area (Å²) in [6.45, 7) is 0.0756. The fourth-order valence-electron chi connectivity index (χ4n) is 2.46. The lowest BCUT2D eigenvalue weighted by Crippen LogP contribution is -2.57. The van der Waals surface area contributed by atoms with Gasteiger partial charge < -0.3 is 9.47 Å². The van der Waals surface area contributed by atoms with Crippen LogP contribution in [-0.2, 0) is 16.6 Å². The van der Waals surface area contributed by atoms with Gasteiger partial charge in [-0.1, -0.05) is 12.1 Å². The lowest BCUT2D eigenvalue weighted by Gasteiger charge is -2.43. The summed E-state index contributed by atoms with van der Waals surface area (Å²) in [5.41, 5.74) is -0.654. The van der Waals surface area contributed by atoms with Crippen molar-refractivity contribution >= 4 is 0 Å². The molecule has 2 aliphatic rings. The van der Waals surface area contributed by atoms with Gasteiger partial charge in [0.2, 0.25) is 0 Å². The smallest absolute Gasteiger partial charge is 0.402 e. The maximum absolute atomic E-state index is 13.2. The molecule has 0 unspecified atom stereocenters. The van der Waals surface area contributed by atoms with Gasteiger partial charge in [-0.3, -0.25) is 0 Å². The topological polar surface area (TPSA) is 18.5 Å². The first-order chi connectivity index (χ1) is 8.53. The number of hydrogen-bond donors (Lipinski definition) is 0. The summed E-state index contributed by atoms with van der Waals surface area (Å²) in [4.78, 5) is 0. The van der Waals surface area contributed by atoms with Gasteiger partial charge in [-0.2, -0.15) is 13.2 Å². The van der Waals surface area contributed by atoms with E-state index in [1.807, 2.05) is 0 Å². The molecule has 0 saturated carbocycles. The van der Waals surface area contributed by atoms with E-state index in [0.717, 1.165) is 18.4 Å². The summed E-state index contributed by atoms with van der Waals surface area (Å²) in [6.07, 6.45) is -2.64. The molecular formula is C13H13F3O2. The Hall–Kier alpha value is -1.23. The van der Waals surface area contributed by atoms with Crippen LogP contribution in [0, 0.1) is 0 Å². The van der Waals surface area contributed by atoms with Crippen molar-refractivity contribution in [3.05, 3.63) is 29.3 Å². The third-order valence-corrected chi connectivity index (χ3v) is 3.70. The number of fused-ring (bicyclic) bond motifs is 1. The highest BCUT2D eigenvalue weighted by atomic mass is 19.4. The summed E-state index contributed by atoms with van der Waals surface area (Å²) >= 11 is 0. The zero-order chi connectivity index (χ0) is 12.8. The van der Waals surface area contributed by atoms with Crippen LogP contribution in [0.2, 0.25) is 0 Å². The highest BCUT2D eigenvalue weighted by Crippen LogP contribution is 2.47. The maximum Gasteiger partial charge on any atom is 0.402 e. The number of ether oxygens (including phenoxy) is 2. The number of halogens is 3. The Kier molecular flexibility index (Phi) is 2.55. The molecule has 0 aliphatic carbocycles. The fraction of sp³-hybridized carbons (Fsp3) is 0.538. The van der Waals surface area contributed by atoms with Crippen LogP contribution in [0.25, 0.3) is 0 Å². The van der Waals surface area contributed by atoms with Gasteiger partial charge in [0.1, 0.15) is 11.2 Å². The van der Waals surface area contributed by atoms with Crippen LogP contribution in [0.3, 0.4) is 0 Å². The second-order valence-corrected chi connectivity index (χ2v) is 4.85. The number of rotatable bonds is 1. The molecule has 3 rings (SSSR count). The van der Waals surface area contributed by atoms with Gasteiger partial charge in [0.15, 0.2) is 0 Å². The van der Waals surface area contributed by atoms with Gasteiger partial charge in [0.25, 0.3) is 0 Å². The van der Waals surface area contributed by atoms with Crippen molar-refractivity contribution in [2.24, 2.45) is 0 Å². The summed E-state index contributed by atoms with van der Waals surface area (Å²) in [6, 6.07) is 4.79. The van der Waals surface area contributed by atoms with Crippen LogP contribution in [0.5, 0.6) is 5.75 Å². The third kappa shape index (κ3) is 1.61. The van der Waals surface area contributed by atoms with E-state index in [1.54, 1.807) is 12.1 Å². The standard InChI is InChI=1S/C13H13F3O2/c14-13(15,16)12(7-17-8-12)10-3-4-11-9(6-10)2-1-5-18-11/h3-4,6H,1-2,5,7-8H2. The summed E-state index contributed by atoms with van der Waals surface area (Å²) in [7, 11) is 0. The van der Waals surface area contributed by atoms with Crippen LogP contribution in [-0.4, -0.2) is 26.0 Å². The zero-order valence-electron chi connectivity index (χ0n) is 9.72. The fourth-order valence-corrected chi connectivity index (χ4v) is 2.46. The van der Waals surface area contributed by atoms with Gasteiger partial charge in [0.05, 0.1) is 19.8 Å². The van der Waals surface area contributed by atoms with E-state index in [9.17, 15) is 13.2 Å². The summed E-state index contributed by atoms with van der Waals surface area (Å²) in [5.74, 6) is 0.711. The molecule has 0 N–H and O–H groups in total. The minimum absolute atomic E-state index is 0.282. The van der Waals surface area contributed by atoms with Crippen LogP contribution >= 0.6 is 0 Å². The van der Waals surface area contributed by atoms with Crippen LogP contribution in [0.1, 0.15) is 17.5 Å². The largest absolute Gasteiger partial charge is 0.493 e. The minimum Gasteiger partial charge on any atom is -0.493 e. The molecule has 2 heterocycles. The second kappa shape index (κ2) is 3.88. The first-order valence-electron chi connectivity index (χ1n) is 5.94. The second-order valence-electron chi connectivity index (χ2n) is 4.85. The van der Waals surface area contributed by atoms with E-state index in [0.29, 0.717) is 17.9 Å². The van der Waals surface area contributed by atoms with E-state index in [1.165, 1.54) is 6.07 Å². The quantitative estimate of drug-likeness (QED) is 0.771. The average Bonchev–Trinajstić information content (AvgIpc) is 2.25. The minimum atomic E-state index is -4.27. The third-order valence-electron chi connectivity index (χ3n) is 3.70. The van der Waals surface area contributed by atoms with E-state index in [-0.39, 0.29) is 13.2 Å². The Bertz CT molecular complexity index is 464. The Morgan fingerprint density at radius 3 is 2.56 bits per heavy atom. The van der Waals surface area contributed by atoms with Gasteiger partial charge in [-0.25, -0.2) is 0 Å². The van der Waals surface area contributed by atoms with E-state index in [4.69, 9.17) is 9.47 Å². The van der Waals surface area contributed by atoms with Gasteiger partial charge in [-0.15, -0.1) is 0 Å². The summed E-state index contributed by atoms with van der Waals surface area (Å²) in [5, 5.41) is 0. The van der Waals surface area contributed by atoms with Gasteiger partial charge >= 0.3 is 6.18 Å². The normalized spacial score (nSPS) is 21.7. The van der Waals surface area contributed by atoms with E-state index >= 15 is 0 Å². The molecular weight excluding hydrogens is 245 g/mol. The van der Waals surface area contributed by atoms with Crippen LogP contribution in [0.15, 0.2) is 18.2 Å². The molecule has 1 saturated heterocycles. The number of alkyl halides is 3. The van der Waals surface area contributed by atoms with Crippen molar-refractivity contribution in [3.8, 4) is 5.75 Å². The first-order valence-corrected chi connectivity index (χ1v) is 5.94. The molecule has 2 nitrogen and oxygen atoms in total. The number of aryl methyl sites for hydroxylation is 1. The molecule has 98 valence electrons. The maximum atomic E-state index is 13.2. The predicted molar refractivity (Wildman–Crippen MR) is 58.8 cm³/mol. The SMILES string of the molecule is FC(F)(F)C1(c2ccc3c(c2)CCCO3)COC1. The Balaban J connectivity index is 2.01. The molecule has 5 heteroatoms. The van der Waals surface area contributed by atoms with Crippen molar-refractivity contribution in [1.82, 2.24) is 0 Å². The molecule has 0 spiro atoms. The highest BCUT2D eigenvalue weighted by Gasteiger charge is 2.61.